The van der Waals surface area contributed by atoms with Crippen molar-refractivity contribution in [2.24, 2.45) is 11.7 Å². The second-order valence-electron chi connectivity index (χ2n) is 11.9. The molecule has 2 fully saturated rings. The van der Waals surface area contributed by atoms with Crippen molar-refractivity contribution in [2.75, 3.05) is 13.2 Å². The summed E-state index contributed by atoms with van der Waals surface area (Å²) in [7, 11) is 0. The fraction of sp³-hybridized carbons (Fsp3) is 0.355. The number of carbonyl (C=O) groups excluding carboxylic acids is 2. The minimum atomic E-state index is -5.35. The Morgan fingerprint density at radius 2 is 1.82 bits per heavy atom. The van der Waals surface area contributed by atoms with Gasteiger partial charge in [0.25, 0.3) is 5.91 Å². The number of primary amides is 1. The van der Waals surface area contributed by atoms with Crippen molar-refractivity contribution in [3.63, 3.8) is 0 Å². The fourth-order valence-corrected chi connectivity index (χ4v) is 6.29. The summed E-state index contributed by atoms with van der Waals surface area (Å²) in [5, 5.41) is 13.7. The van der Waals surface area contributed by atoms with E-state index in [1.165, 1.54) is 24.4 Å². The van der Waals surface area contributed by atoms with Crippen LogP contribution in [0.15, 0.2) is 48.8 Å². The number of nitrogens with one attached hydrogen (secondary N) is 1. The molecular formula is C31H26ClF4N5O4. The Hall–Kier alpha value is -4.23. The molecule has 4 N–H and O–H groups in total. The Labute approximate surface area is 258 Å². The number of carbonyl (C=O) groups is 2. The number of fused-ring (bicyclic) bond motifs is 2. The number of pyridine rings is 2. The molecule has 4 aromatic rings. The van der Waals surface area contributed by atoms with Crippen LogP contribution in [0.4, 0.5) is 17.6 Å². The summed E-state index contributed by atoms with van der Waals surface area (Å²) >= 11 is 6.35. The lowest BCUT2D eigenvalue weighted by Gasteiger charge is -2.32. The molecule has 4 heterocycles. The van der Waals surface area contributed by atoms with Crippen LogP contribution in [0, 0.1) is 11.7 Å². The summed E-state index contributed by atoms with van der Waals surface area (Å²) in [5.74, 6) is -2.27. The second-order valence-corrected chi connectivity index (χ2v) is 12.3. The maximum absolute atomic E-state index is 14.8. The Kier molecular flexibility index (Phi) is 6.64. The first kappa shape index (κ1) is 29.5. The van der Waals surface area contributed by atoms with E-state index in [-0.39, 0.29) is 45.7 Å². The molecular weight excluding hydrogens is 618 g/mol. The van der Waals surface area contributed by atoms with E-state index in [1.807, 2.05) is 0 Å². The van der Waals surface area contributed by atoms with E-state index in [0.29, 0.717) is 24.4 Å². The van der Waals surface area contributed by atoms with E-state index in [9.17, 15) is 32.3 Å². The standard InChI is InChI=1S/C31H26ClF4N5O4/c32-21-9-17(11-41-12-22(15-1-2-15)39-26(21)41)27(42)38-13-30(44,31(34,35)36)23-10-20-25(24(40-23)16-3-7-19(33)8-4-16)45-14-29(20,28(37)43)18-5-6-18/h3-4,7-12,15,18,44H,1-2,5-6,13-14H2,(H2,37,43)(H,38,42)/t29-,30+/m1/s1. The molecule has 14 heteroatoms. The van der Waals surface area contributed by atoms with Gasteiger partial charge < -0.3 is 25.3 Å². The first-order valence-corrected chi connectivity index (χ1v) is 14.7. The Morgan fingerprint density at radius 1 is 1.11 bits per heavy atom. The molecule has 234 valence electrons. The maximum Gasteiger partial charge on any atom is 0.424 e. The molecule has 7 rings (SSSR count). The van der Waals surface area contributed by atoms with Crippen LogP contribution in [-0.4, -0.2) is 50.6 Å². The van der Waals surface area contributed by atoms with Gasteiger partial charge in [-0.2, -0.15) is 13.2 Å². The van der Waals surface area contributed by atoms with Crippen molar-refractivity contribution in [1.29, 1.82) is 0 Å². The van der Waals surface area contributed by atoms with Crippen LogP contribution in [0.25, 0.3) is 16.9 Å². The number of hydrogen-bond acceptors (Lipinski definition) is 6. The monoisotopic (exact) mass is 643 g/mol. The number of nitrogens with two attached hydrogens (primary N) is 1. The van der Waals surface area contributed by atoms with Crippen LogP contribution < -0.4 is 15.8 Å². The minimum Gasteiger partial charge on any atom is -0.489 e. The minimum absolute atomic E-state index is 0.0264. The second kappa shape index (κ2) is 10.1. The molecule has 0 saturated heterocycles. The Morgan fingerprint density at radius 3 is 2.44 bits per heavy atom. The van der Waals surface area contributed by atoms with Crippen molar-refractivity contribution in [2.45, 2.75) is 48.8 Å². The van der Waals surface area contributed by atoms with E-state index in [4.69, 9.17) is 22.1 Å². The van der Waals surface area contributed by atoms with E-state index in [2.05, 4.69) is 15.3 Å². The zero-order valence-corrected chi connectivity index (χ0v) is 24.3. The molecule has 0 spiro atoms. The maximum atomic E-state index is 14.8. The molecule has 2 atom stereocenters. The summed E-state index contributed by atoms with van der Waals surface area (Å²) < 4.78 is 65.6. The lowest BCUT2D eigenvalue weighted by Crippen LogP contribution is -2.52. The number of rotatable bonds is 8. The average molecular weight is 644 g/mol. The number of alkyl halides is 3. The van der Waals surface area contributed by atoms with Crippen molar-refractivity contribution in [1.82, 2.24) is 19.7 Å². The molecule has 3 aromatic heterocycles. The highest BCUT2D eigenvalue weighted by molar-refractivity contribution is 6.33. The highest BCUT2D eigenvalue weighted by atomic mass is 35.5. The van der Waals surface area contributed by atoms with Crippen molar-refractivity contribution in [3.05, 3.63) is 82.1 Å². The lowest BCUT2D eigenvalue weighted by atomic mass is 9.76. The number of benzene rings is 1. The quantitative estimate of drug-likeness (QED) is 0.237. The molecule has 2 amide bonds. The van der Waals surface area contributed by atoms with Crippen molar-refractivity contribution in [3.8, 4) is 17.0 Å². The fourth-order valence-electron chi connectivity index (χ4n) is 6.03. The largest absolute Gasteiger partial charge is 0.489 e. The summed E-state index contributed by atoms with van der Waals surface area (Å²) in [6.07, 6.45) is 0.940. The molecule has 0 bridgehead atoms. The summed E-state index contributed by atoms with van der Waals surface area (Å²) in [5.41, 5.74) is 1.05. The number of aromatic nitrogens is 3. The third kappa shape index (κ3) is 4.80. The number of nitrogens with zero attached hydrogens (tertiary/aromatic N) is 3. The highest BCUT2D eigenvalue weighted by Crippen LogP contribution is 2.56. The molecule has 45 heavy (non-hydrogen) atoms. The van der Waals surface area contributed by atoms with Crippen LogP contribution >= 0.6 is 11.6 Å². The van der Waals surface area contributed by atoms with Gasteiger partial charge in [-0.3, -0.25) is 9.59 Å². The number of imidazole rings is 1. The van der Waals surface area contributed by atoms with Crippen LogP contribution in [0.1, 0.15) is 58.9 Å². The van der Waals surface area contributed by atoms with Gasteiger partial charge in [0, 0.05) is 29.4 Å². The lowest BCUT2D eigenvalue weighted by molar-refractivity contribution is -0.265. The third-order valence-corrected chi connectivity index (χ3v) is 9.19. The average Bonchev–Trinajstić information content (AvgIpc) is 3.94. The van der Waals surface area contributed by atoms with E-state index in [1.54, 1.807) is 10.6 Å². The molecule has 0 radical (unpaired) electrons. The first-order valence-electron chi connectivity index (χ1n) is 14.3. The van der Waals surface area contributed by atoms with Gasteiger partial charge in [-0.1, -0.05) is 11.6 Å². The van der Waals surface area contributed by atoms with E-state index < -0.39 is 47.1 Å². The Balaban J connectivity index is 1.29. The van der Waals surface area contributed by atoms with Gasteiger partial charge in [-0.15, -0.1) is 0 Å². The molecule has 1 aliphatic heterocycles. The van der Waals surface area contributed by atoms with Gasteiger partial charge in [0.15, 0.2) is 5.65 Å². The Bertz CT molecular complexity index is 1870. The first-order chi connectivity index (χ1) is 21.3. The topological polar surface area (TPSA) is 132 Å². The van der Waals surface area contributed by atoms with Gasteiger partial charge in [0.2, 0.25) is 11.5 Å². The number of halogens is 5. The van der Waals surface area contributed by atoms with Crippen LogP contribution in [-0.2, 0) is 15.8 Å². The van der Waals surface area contributed by atoms with E-state index in [0.717, 1.165) is 36.7 Å². The molecule has 9 nitrogen and oxygen atoms in total. The number of ether oxygens (including phenoxy) is 1. The SMILES string of the molecule is NC(=O)[C@@]1(C2CC2)COc2c1cc([C@@](O)(CNC(=O)c1cc(Cl)c3nc(C4CC4)cn3c1)C(F)(F)F)nc2-c1ccc(F)cc1. The van der Waals surface area contributed by atoms with Crippen molar-refractivity contribution < 1.29 is 37.0 Å². The highest BCUT2D eigenvalue weighted by Gasteiger charge is 2.60. The molecule has 2 saturated carbocycles. The smallest absolute Gasteiger partial charge is 0.424 e. The number of amides is 2. The number of hydrogen-bond donors (Lipinski definition) is 3. The molecule has 0 unspecified atom stereocenters. The summed E-state index contributed by atoms with van der Waals surface area (Å²) in [4.78, 5) is 34.7. The van der Waals surface area contributed by atoms with Gasteiger partial charge >= 0.3 is 6.18 Å². The predicted molar refractivity (Wildman–Crippen MR) is 153 cm³/mol. The normalized spacial score (nSPS) is 20.8. The van der Waals surface area contributed by atoms with Crippen LogP contribution in [0.5, 0.6) is 5.75 Å². The van der Waals surface area contributed by atoms with Gasteiger partial charge in [0.1, 0.15) is 29.3 Å². The van der Waals surface area contributed by atoms with Crippen molar-refractivity contribution >= 4 is 29.1 Å². The zero-order valence-electron chi connectivity index (χ0n) is 23.5. The van der Waals surface area contributed by atoms with Crippen LogP contribution in [0.3, 0.4) is 0 Å². The number of aliphatic hydroxyl groups is 1. The molecule has 1 aromatic carbocycles. The zero-order chi connectivity index (χ0) is 31.9. The van der Waals surface area contributed by atoms with Gasteiger partial charge in [-0.05, 0) is 68.0 Å². The van der Waals surface area contributed by atoms with Crippen LogP contribution in [0.2, 0.25) is 5.02 Å². The van der Waals surface area contributed by atoms with Gasteiger partial charge in [0.05, 0.1) is 28.5 Å². The predicted octanol–water partition coefficient (Wildman–Crippen LogP) is 4.77. The molecule has 2 aliphatic carbocycles. The van der Waals surface area contributed by atoms with E-state index >= 15 is 0 Å². The molecule has 3 aliphatic rings. The summed E-state index contributed by atoms with van der Waals surface area (Å²) in [6.45, 7) is -1.55. The summed E-state index contributed by atoms with van der Waals surface area (Å²) in [6, 6.07) is 7.05. The third-order valence-electron chi connectivity index (χ3n) is 8.91. The van der Waals surface area contributed by atoms with Gasteiger partial charge in [-0.25, -0.2) is 14.4 Å².